The predicted octanol–water partition coefficient (Wildman–Crippen LogP) is -0.570. The van der Waals surface area contributed by atoms with E-state index in [-0.39, 0.29) is 5.95 Å². The molecule has 2 rings (SSSR count). The average Bonchev–Trinajstić information content (AvgIpc) is 2.81. The van der Waals surface area contributed by atoms with Crippen LogP contribution in [0.25, 0.3) is 5.95 Å². The third kappa shape index (κ3) is 3.23. The van der Waals surface area contributed by atoms with E-state index in [1.807, 2.05) is 0 Å². The summed E-state index contributed by atoms with van der Waals surface area (Å²) in [6.45, 7) is 0.505. The largest absolute Gasteiger partial charge is 0.368 e. The molecule has 8 nitrogen and oxygen atoms in total. The quantitative estimate of drug-likeness (QED) is 0.746. The smallest absolute Gasteiger partial charge is 0.257 e. The van der Waals surface area contributed by atoms with Gasteiger partial charge in [0.15, 0.2) is 0 Å². The van der Waals surface area contributed by atoms with Crippen LogP contribution in [0.15, 0.2) is 18.5 Å². The van der Waals surface area contributed by atoms with Crippen LogP contribution in [0.3, 0.4) is 0 Å². The molecular weight excluding hydrogens is 254 g/mol. The fourth-order valence-corrected chi connectivity index (χ4v) is 1.65. The second-order valence-corrected chi connectivity index (χ2v) is 5.03. The maximum Gasteiger partial charge on any atom is 0.257 e. The Morgan fingerprint density at radius 3 is 2.94 bits per heavy atom. The van der Waals surface area contributed by atoms with Gasteiger partial charge in [-0.3, -0.25) is 4.21 Å². The van der Waals surface area contributed by atoms with Crippen molar-refractivity contribution in [1.82, 2.24) is 24.7 Å². The van der Waals surface area contributed by atoms with E-state index in [4.69, 9.17) is 5.73 Å². The summed E-state index contributed by atoms with van der Waals surface area (Å²) < 4.78 is 12.4. The van der Waals surface area contributed by atoms with E-state index < -0.39 is 10.8 Å². The van der Waals surface area contributed by atoms with E-state index in [1.54, 1.807) is 24.7 Å². The number of nitrogen functional groups attached to an aromatic ring is 1. The maximum absolute atomic E-state index is 10.9. The molecule has 0 aliphatic heterocycles. The molecule has 0 spiro atoms. The lowest BCUT2D eigenvalue weighted by Gasteiger charge is -2.06. The molecular formula is C9H13N7OS. The first-order chi connectivity index (χ1) is 8.65. The summed E-state index contributed by atoms with van der Waals surface area (Å²) in [5.74, 6) is 1.31. The standard InChI is InChI=1S/C9H13N7OS/c1-18(17)6-4-11-8-13-7(10)14-9(15-8)16-5-2-3-12-16/h2-3,5H,4,6H2,1H3,(H3,10,11,13,14,15). The third-order valence-corrected chi connectivity index (χ3v) is 2.80. The normalized spacial score (nSPS) is 12.3. The van der Waals surface area contributed by atoms with Gasteiger partial charge in [-0.1, -0.05) is 0 Å². The molecule has 1 atom stereocenters. The van der Waals surface area contributed by atoms with Crippen molar-refractivity contribution in [3.63, 3.8) is 0 Å². The van der Waals surface area contributed by atoms with Gasteiger partial charge in [0.05, 0.1) is 0 Å². The number of nitrogens with one attached hydrogen (secondary N) is 1. The summed E-state index contributed by atoms with van der Waals surface area (Å²) in [7, 11) is -0.862. The van der Waals surface area contributed by atoms with Gasteiger partial charge in [-0.25, -0.2) is 4.68 Å². The first-order valence-corrected chi connectivity index (χ1v) is 6.93. The van der Waals surface area contributed by atoms with Crippen molar-refractivity contribution in [2.24, 2.45) is 0 Å². The van der Waals surface area contributed by atoms with Crippen molar-refractivity contribution >= 4 is 22.7 Å². The van der Waals surface area contributed by atoms with Gasteiger partial charge in [0.2, 0.25) is 11.9 Å². The summed E-state index contributed by atoms with van der Waals surface area (Å²) in [4.78, 5) is 12.1. The van der Waals surface area contributed by atoms with Crippen LogP contribution in [0, 0.1) is 0 Å². The lowest BCUT2D eigenvalue weighted by atomic mass is 10.7. The Balaban J connectivity index is 2.14. The highest BCUT2D eigenvalue weighted by molar-refractivity contribution is 7.84. The topological polar surface area (TPSA) is 112 Å². The van der Waals surface area contributed by atoms with Crippen LogP contribution >= 0.6 is 0 Å². The highest BCUT2D eigenvalue weighted by Gasteiger charge is 2.06. The van der Waals surface area contributed by atoms with E-state index in [2.05, 4.69) is 25.4 Å². The molecule has 0 amide bonds. The van der Waals surface area contributed by atoms with Crippen molar-refractivity contribution in [2.75, 3.05) is 29.6 Å². The summed E-state index contributed by atoms with van der Waals surface area (Å²) in [5, 5.41) is 6.95. The maximum atomic E-state index is 10.9. The minimum Gasteiger partial charge on any atom is -0.368 e. The molecule has 0 radical (unpaired) electrons. The number of hydrogen-bond donors (Lipinski definition) is 2. The van der Waals surface area contributed by atoms with Gasteiger partial charge in [0.25, 0.3) is 5.95 Å². The Morgan fingerprint density at radius 1 is 1.44 bits per heavy atom. The fraction of sp³-hybridized carbons (Fsp3) is 0.333. The van der Waals surface area contributed by atoms with Crippen LogP contribution in [0.2, 0.25) is 0 Å². The number of aromatic nitrogens is 5. The average molecular weight is 267 g/mol. The number of hydrogen-bond acceptors (Lipinski definition) is 7. The molecule has 96 valence electrons. The van der Waals surface area contributed by atoms with E-state index >= 15 is 0 Å². The van der Waals surface area contributed by atoms with Crippen molar-refractivity contribution < 1.29 is 4.21 Å². The van der Waals surface area contributed by atoms with Crippen LogP contribution in [-0.2, 0) is 10.8 Å². The summed E-state index contributed by atoms with van der Waals surface area (Å²) in [5.41, 5.74) is 5.59. The zero-order chi connectivity index (χ0) is 13.0. The molecule has 0 aliphatic carbocycles. The lowest BCUT2D eigenvalue weighted by Crippen LogP contribution is -2.15. The highest BCUT2D eigenvalue weighted by atomic mass is 32.2. The van der Waals surface area contributed by atoms with Gasteiger partial charge < -0.3 is 11.1 Å². The van der Waals surface area contributed by atoms with Crippen LogP contribution in [0.4, 0.5) is 11.9 Å². The Hall–Kier alpha value is -2.03. The van der Waals surface area contributed by atoms with Gasteiger partial charge in [0, 0.05) is 41.7 Å². The Bertz CT molecular complexity index is 542. The fourth-order valence-electron chi connectivity index (χ4n) is 1.26. The molecule has 0 saturated carbocycles. The molecule has 1 unspecified atom stereocenters. The SMILES string of the molecule is CS(=O)CCNc1nc(N)nc(-n2cccn2)n1. The van der Waals surface area contributed by atoms with E-state index in [0.29, 0.717) is 24.2 Å². The van der Waals surface area contributed by atoms with Crippen LogP contribution in [-0.4, -0.2) is 47.5 Å². The minimum atomic E-state index is -0.862. The van der Waals surface area contributed by atoms with Crippen molar-refractivity contribution in [3.8, 4) is 5.95 Å². The van der Waals surface area contributed by atoms with Crippen molar-refractivity contribution in [2.45, 2.75) is 0 Å². The van der Waals surface area contributed by atoms with E-state index in [0.717, 1.165) is 0 Å². The molecule has 0 aliphatic rings. The molecule has 18 heavy (non-hydrogen) atoms. The number of rotatable bonds is 5. The minimum absolute atomic E-state index is 0.107. The molecule has 0 fully saturated rings. The van der Waals surface area contributed by atoms with Gasteiger partial charge in [-0.05, 0) is 6.07 Å². The Morgan fingerprint density at radius 2 is 2.28 bits per heavy atom. The molecule has 9 heteroatoms. The number of anilines is 2. The zero-order valence-electron chi connectivity index (χ0n) is 9.78. The van der Waals surface area contributed by atoms with Crippen LogP contribution < -0.4 is 11.1 Å². The molecule has 0 aromatic carbocycles. The summed E-state index contributed by atoms with van der Waals surface area (Å²) >= 11 is 0. The van der Waals surface area contributed by atoms with Gasteiger partial charge >= 0.3 is 0 Å². The number of nitrogens with zero attached hydrogens (tertiary/aromatic N) is 5. The Kier molecular flexibility index (Phi) is 3.82. The molecule has 0 saturated heterocycles. The predicted molar refractivity (Wildman–Crippen MR) is 68.8 cm³/mol. The highest BCUT2D eigenvalue weighted by Crippen LogP contribution is 2.05. The van der Waals surface area contributed by atoms with E-state index in [1.165, 1.54) is 4.68 Å². The third-order valence-electron chi connectivity index (χ3n) is 2.02. The second-order valence-electron chi connectivity index (χ2n) is 3.47. The zero-order valence-corrected chi connectivity index (χ0v) is 10.6. The molecule has 2 heterocycles. The van der Waals surface area contributed by atoms with Gasteiger partial charge in [-0.15, -0.1) is 0 Å². The first kappa shape index (κ1) is 12.4. The van der Waals surface area contributed by atoms with Crippen molar-refractivity contribution in [1.29, 1.82) is 0 Å². The van der Waals surface area contributed by atoms with Gasteiger partial charge in [0.1, 0.15) is 0 Å². The number of nitrogens with two attached hydrogens (primary N) is 1. The Labute approximate surface area is 106 Å². The first-order valence-electron chi connectivity index (χ1n) is 5.20. The van der Waals surface area contributed by atoms with Crippen LogP contribution in [0.5, 0.6) is 0 Å². The van der Waals surface area contributed by atoms with Gasteiger partial charge in [-0.2, -0.15) is 20.1 Å². The van der Waals surface area contributed by atoms with Crippen molar-refractivity contribution in [3.05, 3.63) is 18.5 Å². The summed E-state index contributed by atoms with van der Waals surface area (Å²) in [6, 6.07) is 1.76. The summed E-state index contributed by atoms with van der Waals surface area (Å²) in [6.07, 6.45) is 4.96. The molecule has 2 aromatic heterocycles. The van der Waals surface area contributed by atoms with E-state index in [9.17, 15) is 4.21 Å². The molecule has 2 aromatic rings. The second kappa shape index (κ2) is 5.54. The monoisotopic (exact) mass is 267 g/mol. The molecule has 3 N–H and O–H groups in total. The lowest BCUT2D eigenvalue weighted by molar-refractivity contribution is 0.687. The molecule has 0 bridgehead atoms. The van der Waals surface area contributed by atoms with Crippen LogP contribution in [0.1, 0.15) is 0 Å².